The van der Waals surface area contributed by atoms with Gasteiger partial charge in [-0.05, 0) is 19.4 Å². The first-order chi connectivity index (χ1) is 9.08. The minimum absolute atomic E-state index is 0.222. The number of thiol groups is 1. The lowest BCUT2D eigenvalue weighted by atomic mass is 10.2. The second-order valence-corrected chi connectivity index (χ2v) is 4.93. The predicted molar refractivity (Wildman–Crippen MR) is 76.8 cm³/mol. The largest absolute Gasteiger partial charge is 0.443 e. The van der Waals surface area contributed by atoms with E-state index in [1.54, 1.807) is 0 Å². The Morgan fingerprint density at radius 3 is 2.63 bits per heavy atom. The SMILES string of the molecule is Cc1oc(C(C)OCc2ccccc2)nc1C(N)S. The summed E-state index contributed by atoms with van der Waals surface area (Å²) >= 11 is 4.16. The molecule has 0 aliphatic carbocycles. The van der Waals surface area contributed by atoms with Crippen LogP contribution < -0.4 is 5.73 Å². The second-order valence-electron chi connectivity index (χ2n) is 4.38. The van der Waals surface area contributed by atoms with Gasteiger partial charge in [0, 0.05) is 0 Å². The van der Waals surface area contributed by atoms with Gasteiger partial charge in [-0.1, -0.05) is 30.3 Å². The fourth-order valence-corrected chi connectivity index (χ4v) is 1.98. The van der Waals surface area contributed by atoms with E-state index < -0.39 is 5.37 Å². The lowest BCUT2D eigenvalue weighted by Crippen LogP contribution is -2.05. The van der Waals surface area contributed by atoms with E-state index in [1.165, 1.54) is 0 Å². The van der Waals surface area contributed by atoms with Crippen LogP contribution in [0.15, 0.2) is 34.7 Å². The normalized spacial score (nSPS) is 14.3. The maximum absolute atomic E-state index is 5.74. The molecule has 0 saturated heterocycles. The standard InChI is InChI=1S/C14H18N2O2S/c1-9-12(13(15)19)16-14(18-9)10(2)17-8-11-6-4-3-5-7-11/h3-7,10,13,19H,8,15H2,1-2H3. The van der Waals surface area contributed by atoms with Crippen molar-refractivity contribution in [2.45, 2.75) is 31.9 Å². The van der Waals surface area contributed by atoms with Crippen LogP contribution >= 0.6 is 12.6 Å². The molecule has 0 bridgehead atoms. The topological polar surface area (TPSA) is 61.3 Å². The lowest BCUT2D eigenvalue weighted by Gasteiger charge is -2.09. The van der Waals surface area contributed by atoms with Gasteiger partial charge in [-0.25, -0.2) is 4.98 Å². The van der Waals surface area contributed by atoms with E-state index >= 15 is 0 Å². The number of ether oxygens (including phenoxy) is 1. The number of hydrogen-bond donors (Lipinski definition) is 2. The summed E-state index contributed by atoms with van der Waals surface area (Å²) in [4.78, 5) is 4.33. The Kier molecular flexibility index (Phi) is 4.63. The van der Waals surface area contributed by atoms with Gasteiger partial charge in [0.25, 0.3) is 0 Å². The summed E-state index contributed by atoms with van der Waals surface area (Å²) in [6.07, 6.45) is -0.222. The van der Waals surface area contributed by atoms with E-state index in [0.717, 1.165) is 5.56 Å². The molecule has 0 amide bonds. The highest BCUT2D eigenvalue weighted by atomic mass is 32.1. The number of aromatic nitrogens is 1. The molecule has 2 N–H and O–H groups in total. The van der Waals surface area contributed by atoms with Crippen LogP contribution in [-0.2, 0) is 11.3 Å². The van der Waals surface area contributed by atoms with Crippen molar-refractivity contribution in [1.82, 2.24) is 4.98 Å². The van der Waals surface area contributed by atoms with Crippen molar-refractivity contribution in [3.8, 4) is 0 Å². The molecule has 4 nitrogen and oxygen atoms in total. The molecule has 1 aromatic carbocycles. The first kappa shape index (κ1) is 14.1. The molecule has 2 unspecified atom stereocenters. The Morgan fingerprint density at radius 1 is 1.37 bits per heavy atom. The molecule has 2 atom stereocenters. The van der Waals surface area contributed by atoms with Crippen molar-refractivity contribution in [2.75, 3.05) is 0 Å². The van der Waals surface area contributed by atoms with E-state index in [-0.39, 0.29) is 6.10 Å². The van der Waals surface area contributed by atoms with Gasteiger partial charge in [0.05, 0.1) is 12.0 Å². The molecule has 2 aromatic rings. The molecule has 5 heteroatoms. The van der Waals surface area contributed by atoms with Crippen LogP contribution in [-0.4, -0.2) is 4.98 Å². The molecule has 0 aliphatic heterocycles. The van der Waals surface area contributed by atoms with Crippen LogP contribution in [0.3, 0.4) is 0 Å². The first-order valence-corrected chi connectivity index (χ1v) is 6.66. The number of benzene rings is 1. The average Bonchev–Trinajstić information content (AvgIpc) is 2.79. The minimum Gasteiger partial charge on any atom is -0.443 e. The summed E-state index contributed by atoms with van der Waals surface area (Å²) in [7, 11) is 0. The summed E-state index contributed by atoms with van der Waals surface area (Å²) in [6, 6.07) is 9.98. The molecule has 1 heterocycles. The molecule has 1 aromatic heterocycles. The van der Waals surface area contributed by atoms with Crippen LogP contribution in [0, 0.1) is 6.92 Å². The van der Waals surface area contributed by atoms with E-state index in [1.807, 2.05) is 44.2 Å². The average molecular weight is 278 g/mol. The van der Waals surface area contributed by atoms with Crippen molar-refractivity contribution in [2.24, 2.45) is 5.73 Å². The molecule has 102 valence electrons. The Hall–Kier alpha value is -1.30. The van der Waals surface area contributed by atoms with E-state index in [0.29, 0.717) is 24.0 Å². The van der Waals surface area contributed by atoms with Crippen molar-refractivity contribution < 1.29 is 9.15 Å². The van der Waals surface area contributed by atoms with Gasteiger partial charge >= 0.3 is 0 Å². The van der Waals surface area contributed by atoms with Gasteiger partial charge in [0.15, 0.2) is 0 Å². The number of aryl methyl sites for hydroxylation is 1. The van der Waals surface area contributed by atoms with Crippen LogP contribution in [0.25, 0.3) is 0 Å². The molecular formula is C14H18N2O2S. The molecule has 19 heavy (non-hydrogen) atoms. The molecule has 0 aliphatic rings. The van der Waals surface area contributed by atoms with Gasteiger partial charge < -0.3 is 14.9 Å². The summed E-state index contributed by atoms with van der Waals surface area (Å²) in [5.41, 5.74) is 7.47. The van der Waals surface area contributed by atoms with Gasteiger partial charge in [-0.2, -0.15) is 12.6 Å². The third-order valence-corrected chi connectivity index (χ3v) is 3.06. The second kappa shape index (κ2) is 6.23. The monoisotopic (exact) mass is 278 g/mol. The van der Waals surface area contributed by atoms with Crippen molar-refractivity contribution in [3.05, 3.63) is 53.2 Å². The Morgan fingerprint density at radius 2 is 2.05 bits per heavy atom. The Bertz CT molecular complexity index is 525. The van der Waals surface area contributed by atoms with Crippen molar-refractivity contribution in [3.63, 3.8) is 0 Å². The third kappa shape index (κ3) is 3.59. The number of oxazole rings is 1. The number of rotatable bonds is 5. The van der Waals surface area contributed by atoms with E-state index in [2.05, 4.69) is 17.6 Å². The third-order valence-electron chi connectivity index (χ3n) is 2.82. The highest BCUT2D eigenvalue weighted by Gasteiger charge is 2.18. The Balaban J connectivity index is 2.00. The van der Waals surface area contributed by atoms with Gasteiger partial charge in [0.2, 0.25) is 5.89 Å². The molecule has 0 radical (unpaired) electrons. The van der Waals surface area contributed by atoms with E-state index in [9.17, 15) is 0 Å². The highest BCUT2D eigenvalue weighted by Crippen LogP contribution is 2.24. The predicted octanol–water partition coefficient (Wildman–Crippen LogP) is 3.15. The van der Waals surface area contributed by atoms with Crippen molar-refractivity contribution in [1.29, 1.82) is 0 Å². The number of nitrogens with two attached hydrogens (primary N) is 1. The Labute approximate surface area is 118 Å². The van der Waals surface area contributed by atoms with Crippen LogP contribution in [0.1, 0.15) is 41.3 Å². The fraction of sp³-hybridized carbons (Fsp3) is 0.357. The van der Waals surface area contributed by atoms with Crippen LogP contribution in [0.4, 0.5) is 0 Å². The maximum atomic E-state index is 5.74. The summed E-state index contributed by atoms with van der Waals surface area (Å²) in [6.45, 7) is 4.25. The fourth-order valence-electron chi connectivity index (χ4n) is 1.74. The van der Waals surface area contributed by atoms with Gasteiger partial charge in [-0.15, -0.1) is 0 Å². The van der Waals surface area contributed by atoms with Crippen molar-refractivity contribution >= 4 is 12.6 Å². The smallest absolute Gasteiger partial charge is 0.223 e. The zero-order valence-corrected chi connectivity index (χ0v) is 11.9. The molecule has 0 fully saturated rings. The zero-order valence-electron chi connectivity index (χ0n) is 11.0. The minimum atomic E-state index is -0.432. The molecule has 0 spiro atoms. The van der Waals surface area contributed by atoms with Crippen LogP contribution in [0.5, 0.6) is 0 Å². The maximum Gasteiger partial charge on any atom is 0.223 e. The molecule has 2 rings (SSSR count). The highest BCUT2D eigenvalue weighted by molar-refractivity contribution is 7.80. The summed E-state index contributed by atoms with van der Waals surface area (Å²) in [5, 5.41) is -0.432. The summed E-state index contributed by atoms with van der Waals surface area (Å²) in [5.74, 6) is 1.22. The van der Waals surface area contributed by atoms with Gasteiger partial charge in [-0.3, -0.25) is 0 Å². The number of hydrogen-bond acceptors (Lipinski definition) is 5. The molecule has 0 saturated carbocycles. The van der Waals surface area contributed by atoms with Crippen LogP contribution in [0.2, 0.25) is 0 Å². The zero-order chi connectivity index (χ0) is 13.8. The molecular weight excluding hydrogens is 260 g/mol. The van der Waals surface area contributed by atoms with E-state index in [4.69, 9.17) is 14.9 Å². The number of nitrogens with zero attached hydrogens (tertiary/aromatic N) is 1. The summed E-state index contributed by atoms with van der Waals surface area (Å²) < 4.78 is 11.3. The quantitative estimate of drug-likeness (QED) is 0.651. The first-order valence-electron chi connectivity index (χ1n) is 6.14. The lowest BCUT2D eigenvalue weighted by molar-refractivity contribution is 0.0341. The van der Waals surface area contributed by atoms with Gasteiger partial charge in [0.1, 0.15) is 17.6 Å².